The summed E-state index contributed by atoms with van der Waals surface area (Å²) in [7, 11) is 0. The molecule has 0 N–H and O–H groups in total. The first kappa shape index (κ1) is 18.0. The topological polar surface area (TPSA) is 30.3 Å². The lowest BCUT2D eigenvalue weighted by molar-refractivity contribution is 0.261. The van der Waals surface area contributed by atoms with E-state index < -0.39 is 0 Å². The van der Waals surface area contributed by atoms with E-state index >= 15 is 0 Å². The van der Waals surface area contributed by atoms with Crippen LogP contribution in [0.3, 0.4) is 0 Å². The first-order chi connectivity index (χ1) is 13.3. The molecule has 0 bridgehead atoms. The Morgan fingerprint density at radius 3 is 2.93 bits per heavy atom. The maximum absolute atomic E-state index is 5.95. The monoisotopic (exact) mass is 379 g/mol. The van der Waals surface area contributed by atoms with Crippen molar-refractivity contribution in [1.29, 1.82) is 0 Å². The molecule has 0 unspecified atom stereocenters. The number of para-hydroxylation sites is 1. The van der Waals surface area contributed by atoms with E-state index in [0.717, 1.165) is 38.3 Å². The van der Waals surface area contributed by atoms with Crippen LogP contribution in [0.1, 0.15) is 21.7 Å². The van der Waals surface area contributed by atoms with Gasteiger partial charge in [0.2, 0.25) is 0 Å². The van der Waals surface area contributed by atoms with E-state index in [2.05, 4.69) is 51.7 Å². The molecular weight excluding hydrogens is 354 g/mol. The highest BCUT2D eigenvalue weighted by molar-refractivity contribution is 7.11. The Labute approximate surface area is 164 Å². The minimum absolute atomic E-state index is 0.679. The van der Waals surface area contributed by atoms with Gasteiger partial charge in [0.15, 0.2) is 0 Å². The highest BCUT2D eigenvalue weighted by Gasteiger charge is 2.15. The van der Waals surface area contributed by atoms with Crippen LogP contribution in [0, 0.1) is 6.92 Å². The molecule has 3 heterocycles. The van der Waals surface area contributed by atoms with Crippen molar-refractivity contribution in [2.24, 2.45) is 0 Å². The summed E-state index contributed by atoms with van der Waals surface area (Å²) < 4.78 is 8.10. The predicted octanol–water partition coefficient (Wildman–Crippen LogP) is 4.62. The first-order valence-corrected chi connectivity index (χ1v) is 10.2. The summed E-state index contributed by atoms with van der Waals surface area (Å²) in [5, 5.41) is 0. The van der Waals surface area contributed by atoms with E-state index in [-0.39, 0.29) is 0 Å². The Morgan fingerprint density at radius 2 is 2.11 bits per heavy atom. The van der Waals surface area contributed by atoms with Crippen molar-refractivity contribution < 1.29 is 4.74 Å². The number of nitrogens with zero attached hydrogens (tertiary/aromatic N) is 3. The molecule has 0 radical (unpaired) electrons. The molecule has 1 aliphatic rings. The van der Waals surface area contributed by atoms with E-state index in [1.165, 1.54) is 20.9 Å². The van der Waals surface area contributed by atoms with Gasteiger partial charge in [0.25, 0.3) is 0 Å². The minimum Gasteiger partial charge on any atom is -0.489 e. The Morgan fingerprint density at radius 1 is 1.19 bits per heavy atom. The van der Waals surface area contributed by atoms with Crippen molar-refractivity contribution in [3.8, 4) is 5.75 Å². The number of rotatable bonds is 8. The third-order valence-electron chi connectivity index (χ3n) is 4.74. The molecule has 0 aliphatic carbocycles. The Balaban J connectivity index is 1.43. The SMILES string of the molecule is Cc1ccc(CN(CCCn2ccnc2)CC2=Cc3ccccc3OC2)s1. The van der Waals surface area contributed by atoms with Gasteiger partial charge in [-0.3, -0.25) is 4.90 Å². The quantitative estimate of drug-likeness (QED) is 0.572. The zero-order valence-corrected chi connectivity index (χ0v) is 16.5. The third-order valence-corrected chi connectivity index (χ3v) is 5.73. The van der Waals surface area contributed by atoms with Crippen LogP contribution in [-0.4, -0.2) is 34.1 Å². The summed E-state index contributed by atoms with van der Waals surface area (Å²) in [6, 6.07) is 12.7. The number of fused-ring (bicyclic) bond motifs is 1. The number of benzene rings is 1. The van der Waals surface area contributed by atoms with Gasteiger partial charge in [0, 0.05) is 53.9 Å². The average molecular weight is 380 g/mol. The molecule has 0 atom stereocenters. The van der Waals surface area contributed by atoms with Crippen molar-refractivity contribution in [2.45, 2.75) is 26.4 Å². The van der Waals surface area contributed by atoms with Crippen LogP contribution >= 0.6 is 11.3 Å². The molecule has 0 amide bonds. The molecule has 27 heavy (non-hydrogen) atoms. The number of thiophene rings is 1. The van der Waals surface area contributed by atoms with Gasteiger partial charge >= 0.3 is 0 Å². The predicted molar refractivity (Wildman–Crippen MR) is 111 cm³/mol. The van der Waals surface area contributed by atoms with Crippen molar-refractivity contribution >= 4 is 17.4 Å². The molecule has 1 aliphatic heterocycles. The summed E-state index contributed by atoms with van der Waals surface area (Å²) in [5.41, 5.74) is 2.52. The maximum atomic E-state index is 5.95. The maximum Gasteiger partial charge on any atom is 0.127 e. The van der Waals surface area contributed by atoms with E-state index in [4.69, 9.17) is 4.74 Å². The molecule has 2 aromatic heterocycles. The van der Waals surface area contributed by atoms with Crippen molar-refractivity contribution in [3.05, 3.63) is 76.0 Å². The van der Waals surface area contributed by atoms with Crippen molar-refractivity contribution in [3.63, 3.8) is 0 Å². The second-order valence-electron chi connectivity index (χ2n) is 7.01. The number of ether oxygens (including phenoxy) is 1. The fourth-order valence-electron chi connectivity index (χ4n) is 3.44. The summed E-state index contributed by atoms with van der Waals surface area (Å²) in [4.78, 5) is 9.46. The van der Waals surface area contributed by atoms with Gasteiger partial charge in [-0.25, -0.2) is 4.98 Å². The second kappa shape index (κ2) is 8.55. The minimum atomic E-state index is 0.679. The van der Waals surface area contributed by atoms with Crippen LogP contribution in [0.2, 0.25) is 0 Å². The van der Waals surface area contributed by atoms with E-state index in [0.29, 0.717) is 6.61 Å². The molecule has 0 saturated carbocycles. The van der Waals surface area contributed by atoms with Crippen molar-refractivity contribution in [1.82, 2.24) is 14.5 Å². The van der Waals surface area contributed by atoms with Gasteiger partial charge in [-0.2, -0.15) is 0 Å². The smallest absolute Gasteiger partial charge is 0.127 e. The Hall–Kier alpha value is -2.37. The van der Waals surface area contributed by atoms with Gasteiger partial charge in [-0.1, -0.05) is 18.2 Å². The molecule has 4 rings (SSSR count). The number of hydrogen-bond donors (Lipinski definition) is 0. The summed E-state index contributed by atoms with van der Waals surface area (Å²) >= 11 is 1.89. The number of hydrogen-bond acceptors (Lipinski definition) is 4. The molecular formula is C22H25N3OS. The van der Waals surface area contributed by atoms with Gasteiger partial charge in [-0.15, -0.1) is 11.3 Å². The van der Waals surface area contributed by atoms with Gasteiger partial charge in [0.05, 0.1) is 6.33 Å². The van der Waals surface area contributed by atoms with Crippen LogP contribution in [-0.2, 0) is 13.1 Å². The van der Waals surface area contributed by atoms with Gasteiger partial charge < -0.3 is 9.30 Å². The number of imidazole rings is 1. The molecule has 140 valence electrons. The third kappa shape index (κ3) is 4.87. The lowest BCUT2D eigenvalue weighted by Crippen LogP contribution is -2.29. The largest absolute Gasteiger partial charge is 0.489 e. The number of aryl methyl sites for hydroxylation is 2. The standard InChI is InChI=1S/C22H25N3OS/c1-18-7-8-21(27-18)15-25(11-4-10-24-12-9-23-17-24)14-19-13-20-5-2-3-6-22(20)26-16-19/h2-3,5-9,12-13,17H,4,10-11,14-16H2,1H3. The van der Waals surface area contributed by atoms with Gasteiger partial charge in [-0.05, 0) is 43.2 Å². The zero-order chi connectivity index (χ0) is 18.5. The fraction of sp³-hybridized carbons (Fsp3) is 0.318. The molecule has 0 fully saturated rings. The van der Waals surface area contributed by atoms with Crippen LogP contribution in [0.15, 0.2) is 60.7 Å². The van der Waals surface area contributed by atoms with Gasteiger partial charge in [0.1, 0.15) is 12.4 Å². The van der Waals surface area contributed by atoms with Crippen molar-refractivity contribution in [2.75, 3.05) is 19.7 Å². The van der Waals surface area contributed by atoms with E-state index in [9.17, 15) is 0 Å². The summed E-state index contributed by atoms with van der Waals surface area (Å²) in [5.74, 6) is 0.988. The van der Waals surface area contributed by atoms with E-state index in [1.54, 1.807) is 0 Å². The highest BCUT2D eigenvalue weighted by Crippen LogP contribution is 2.26. The molecule has 0 spiro atoms. The van der Waals surface area contributed by atoms with Crippen LogP contribution in [0.25, 0.3) is 6.08 Å². The fourth-order valence-corrected chi connectivity index (χ4v) is 4.38. The summed E-state index contributed by atoms with van der Waals surface area (Å²) in [6.07, 6.45) is 9.16. The average Bonchev–Trinajstić information content (AvgIpc) is 3.33. The van der Waals surface area contributed by atoms with Crippen LogP contribution in [0.5, 0.6) is 5.75 Å². The number of aromatic nitrogens is 2. The molecule has 1 aromatic carbocycles. The second-order valence-corrected chi connectivity index (χ2v) is 8.38. The normalized spacial score (nSPS) is 13.3. The highest BCUT2D eigenvalue weighted by atomic mass is 32.1. The summed E-state index contributed by atoms with van der Waals surface area (Å²) in [6.45, 7) is 6.83. The molecule has 0 saturated heterocycles. The molecule has 5 heteroatoms. The van der Waals surface area contributed by atoms with Crippen LogP contribution in [0.4, 0.5) is 0 Å². The molecule has 4 nitrogen and oxygen atoms in total. The lowest BCUT2D eigenvalue weighted by Gasteiger charge is -2.26. The molecule has 3 aromatic rings. The first-order valence-electron chi connectivity index (χ1n) is 9.41. The zero-order valence-electron chi connectivity index (χ0n) is 15.7. The Kier molecular flexibility index (Phi) is 5.70. The van der Waals surface area contributed by atoms with E-state index in [1.807, 2.05) is 42.2 Å². The lowest BCUT2D eigenvalue weighted by atomic mass is 10.1. The Bertz CT molecular complexity index is 898. The van der Waals surface area contributed by atoms with Crippen LogP contribution < -0.4 is 4.74 Å².